The summed E-state index contributed by atoms with van der Waals surface area (Å²) < 4.78 is 30.3. The minimum Gasteiger partial charge on any atom is -0.352 e. The van der Waals surface area contributed by atoms with E-state index < -0.39 is 5.91 Å². The van der Waals surface area contributed by atoms with Gasteiger partial charge in [-0.2, -0.15) is 0 Å². The van der Waals surface area contributed by atoms with Gasteiger partial charge in [0, 0.05) is 16.6 Å². The van der Waals surface area contributed by atoms with Gasteiger partial charge in [0.05, 0.1) is 5.48 Å². The second kappa shape index (κ2) is 4.26. The number of carbonyl (C=O) groups excluding carboxylic acids is 1. The topological polar surface area (TPSA) is 29.1 Å². The summed E-state index contributed by atoms with van der Waals surface area (Å²) in [5, 5.41) is 2.46. The number of hydrogen-bond donors (Lipinski definition) is 1. The van der Waals surface area contributed by atoms with Crippen LogP contribution < -0.4 is 5.32 Å². The second-order valence-corrected chi connectivity index (χ2v) is 2.84. The summed E-state index contributed by atoms with van der Waals surface area (Å²) in [5.74, 6) is -0.591. The average molecular weight is 232 g/mol. The summed E-state index contributed by atoms with van der Waals surface area (Å²) in [6.07, 6.45) is 0. The molecule has 0 aliphatic carbocycles. The number of halogens is 1. The molecule has 64 valence electrons. The molecule has 1 rings (SSSR count). The van der Waals surface area contributed by atoms with Gasteiger partial charge in [-0.25, -0.2) is 0 Å². The van der Waals surface area contributed by atoms with E-state index in [1.165, 1.54) is 0 Å². The first kappa shape index (κ1) is 5.02. The highest BCUT2D eigenvalue weighted by Crippen LogP contribution is 2.10. The van der Waals surface area contributed by atoms with Crippen molar-refractivity contribution in [2.75, 3.05) is 6.54 Å². The molecule has 0 fully saturated rings. The molecule has 0 heterocycles. The summed E-state index contributed by atoms with van der Waals surface area (Å²) in [6.45, 7) is 2.08. The second-order valence-electron chi connectivity index (χ2n) is 2.05. The van der Waals surface area contributed by atoms with E-state index >= 15 is 0 Å². The van der Waals surface area contributed by atoms with E-state index in [1.807, 2.05) is 0 Å². The van der Waals surface area contributed by atoms with Crippen LogP contribution in [-0.4, -0.2) is 12.5 Å². The Labute approximate surface area is 85.7 Å². The maximum Gasteiger partial charge on any atom is 0.251 e. The van der Waals surface area contributed by atoms with Gasteiger partial charge in [-0.05, 0) is 31.1 Å². The fourth-order valence-corrected chi connectivity index (χ4v) is 0.858. The molecule has 0 bridgehead atoms. The molecule has 3 heteroatoms. The van der Waals surface area contributed by atoms with Gasteiger partial charge in [-0.1, -0.05) is 15.9 Å². The molecule has 1 N–H and O–H groups in total. The van der Waals surface area contributed by atoms with Crippen LogP contribution in [0.5, 0.6) is 0 Å². The lowest BCUT2D eigenvalue weighted by atomic mass is 10.2. The van der Waals surface area contributed by atoms with Crippen LogP contribution in [-0.2, 0) is 0 Å². The lowest BCUT2D eigenvalue weighted by molar-refractivity contribution is 0.0956. The Morgan fingerprint density at radius 2 is 2.17 bits per heavy atom. The van der Waals surface area contributed by atoms with E-state index in [9.17, 15) is 4.79 Å². The van der Waals surface area contributed by atoms with Crippen LogP contribution in [0.4, 0.5) is 0 Å². The van der Waals surface area contributed by atoms with Crippen LogP contribution in [0.25, 0.3) is 0 Å². The van der Waals surface area contributed by atoms with Crippen LogP contribution in [0, 0.1) is 0 Å². The fourth-order valence-electron chi connectivity index (χ4n) is 0.660. The molecule has 0 saturated carbocycles. The van der Waals surface area contributed by atoms with Gasteiger partial charge >= 0.3 is 0 Å². The highest BCUT2D eigenvalue weighted by molar-refractivity contribution is 9.10. The van der Waals surface area contributed by atoms with Crippen molar-refractivity contribution < 1.29 is 10.3 Å². The van der Waals surface area contributed by atoms with Gasteiger partial charge in [0.1, 0.15) is 0 Å². The summed E-state index contributed by atoms with van der Waals surface area (Å²) >= 11 is 2.96. The SMILES string of the molecule is [2H]c1c([2H])c(C(=O)NCC)c([2H])c([2H])c1Br. The first-order chi connectivity index (χ1) is 7.41. The lowest BCUT2D eigenvalue weighted by Gasteiger charge is -2.00. The summed E-state index contributed by atoms with van der Waals surface area (Å²) in [4.78, 5) is 11.6. The van der Waals surface area contributed by atoms with Crippen molar-refractivity contribution in [2.45, 2.75) is 6.92 Å². The fraction of sp³-hybridized carbons (Fsp3) is 0.222. The molecule has 0 spiro atoms. The Morgan fingerprint density at radius 1 is 1.58 bits per heavy atom. The van der Waals surface area contributed by atoms with Gasteiger partial charge < -0.3 is 5.32 Å². The molecule has 0 aliphatic rings. The van der Waals surface area contributed by atoms with Crippen LogP contribution in [0.2, 0.25) is 0 Å². The van der Waals surface area contributed by atoms with Crippen LogP contribution in [0.1, 0.15) is 22.8 Å². The van der Waals surface area contributed by atoms with Crippen molar-refractivity contribution >= 4 is 21.8 Å². The minimum absolute atomic E-state index is 0.0653. The molecule has 1 amide bonds. The Balaban J connectivity index is 3.45. The normalized spacial score (nSPS) is 14.2. The standard InChI is InChI=1S/C9H10BrNO/c1-2-11-9(12)7-3-5-8(10)6-4-7/h3-6H,2H2,1H3,(H,11,12)/i3D,4D,5D,6D. The van der Waals surface area contributed by atoms with E-state index in [0.29, 0.717) is 6.54 Å². The number of benzene rings is 1. The van der Waals surface area contributed by atoms with Crippen LogP contribution in [0.15, 0.2) is 28.6 Å². The first-order valence-corrected chi connectivity index (χ1v) is 4.25. The van der Waals surface area contributed by atoms with Crippen LogP contribution >= 0.6 is 15.9 Å². The molecule has 0 unspecified atom stereocenters. The third kappa shape index (κ3) is 2.34. The number of carbonyl (C=O) groups is 1. The van der Waals surface area contributed by atoms with E-state index in [4.69, 9.17) is 5.48 Å². The zero-order valence-corrected chi connectivity index (χ0v) is 8.08. The maximum atomic E-state index is 11.6. The highest BCUT2D eigenvalue weighted by atomic mass is 79.9. The number of rotatable bonds is 2. The minimum atomic E-state index is -0.591. The van der Waals surface area contributed by atoms with Gasteiger partial charge in [0.25, 0.3) is 5.91 Å². The summed E-state index contributed by atoms with van der Waals surface area (Å²) in [6, 6.07) is -1.16. The Morgan fingerprint density at radius 3 is 2.67 bits per heavy atom. The number of hydrogen-bond acceptors (Lipinski definition) is 1. The van der Waals surface area contributed by atoms with Crippen molar-refractivity contribution in [3.63, 3.8) is 0 Å². The molecule has 0 aromatic heterocycles. The molecule has 0 radical (unpaired) electrons. The molecular formula is C9H10BrNO. The molecule has 0 aliphatic heterocycles. The molecule has 1 aromatic rings. The van der Waals surface area contributed by atoms with Gasteiger partial charge in [0.15, 0.2) is 0 Å². The van der Waals surface area contributed by atoms with E-state index in [-0.39, 0.29) is 34.2 Å². The van der Waals surface area contributed by atoms with Crippen molar-refractivity contribution in [3.8, 4) is 0 Å². The van der Waals surface area contributed by atoms with Crippen molar-refractivity contribution in [1.29, 1.82) is 0 Å². The first-order valence-electron chi connectivity index (χ1n) is 5.45. The predicted octanol–water partition coefficient (Wildman–Crippen LogP) is 2.20. The molecule has 12 heavy (non-hydrogen) atoms. The molecule has 1 aromatic carbocycles. The van der Waals surface area contributed by atoms with E-state index in [2.05, 4.69) is 21.2 Å². The lowest BCUT2D eigenvalue weighted by Crippen LogP contribution is -2.22. The Hall–Kier alpha value is -0.830. The van der Waals surface area contributed by atoms with Crippen molar-refractivity contribution in [2.24, 2.45) is 0 Å². The summed E-state index contributed by atoms with van der Waals surface area (Å²) in [7, 11) is 0. The van der Waals surface area contributed by atoms with Crippen molar-refractivity contribution in [3.05, 3.63) is 34.2 Å². The van der Waals surface area contributed by atoms with Crippen molar-refractivity contribution in [1.82, 2.24) is 5.32 Å². The third-order valence-corrected chi connectivity index (χ3v) is 1.56. The average Bonchev–Trinajstić information content (AvgIpc) is 2.24. The van der Waals surface area contributed by atoms with Gasteiger partial charge in [-0.3, -0.25) is 4.79 Å². The number of amides is 1. The van der Waals surface area contributed by atoms with Crippen LogP contribution in [0.3, 0.4) is 0 Å². The highest BCUT2D eigenvalue weighted by Gasteiger charge is 2.01. The van der Waals surface area contributed by atoms with E-state index in [1.54, 1.807) is 6.92 Å². The molecule has 2 nitrogen and oxygen atoms in total. The van der Waals surface area contributed by atoms with E-state index in [0.717, 1.165) is 0 Å². The van der Waals surface area contributed by atoms with Gasteiger partial charge in [0.2, 0.25) is 0 Å². The number of nitrogens with one attached hydrogen (secondary N) is 1. The zero-order chi connectivity index (χ0) is 12.5. The van der Waals surface area contributed by atoms with Gasteiger partial charge in [-0.15, -0.1) is 0 Å². The molecule has 0 atom stereocenters. The maximum absolute atomic E-state index is 11.6. The molecular weight excluding hydrogens is 218 g/mol. The largest absolute Gasteiger partial charge is 0.352 e. The smallest absolute Gasteiger partial charge is 0.251 e. The Kier molecular flexibility index (Phi) is 1.78. The predicted molar refractivity (Wildman–Crippen MR) is 52.1 cm³/mol. The summed E-state index contributed by atoms with van der Waals surface area (Å²) in [5.41, 5.74) is -0.222. The quantitative estimate of drug-likeness (QED) is 0.832. The Bertz CT molecular complexity index is 421. The zero-order valence-electron chi connectivity index (χ0n) is 10.5. The third-order valence-electron chi connectivity index (χ3n) is 1.16. The monoisotopic (exact) mass is 231 g/mol. The molecule has 0 saturated heterocycles.